The fraction of sp³-hybridized carbons (Fsp3) is 0.333. The van der Waals surface area contributed by atoms with Gasteiger partial charge in [0.15, 0.2) is 0 Å². The van der Waals surface area contributed by atoms with Crippen LogP contribution in [0.3, 0.4) is 0 Å². The smallest absolute Gasteiger partial charge is 0.124 e. The van der Waals surface area contributed by atoms with E-state index in [1.54, 1.807) is 0 Å². The molecule has 3 heteroatoms. The average molecular weight is 206 g/mol. The summed E-state index contributed by atoms with van der Waals surface area (Å²) in [7, 11) is 1.84. The lowest BCUT2D eigenvalue weighted by atomic mass is 10.1. The van der Waals surface area contributed by atoms with Crippen LogP contribution in [0.4, 0.5) is 11.4 Å². The number of anilines is 2. The molecule has 0 amide bonds. The van der Waals surface area contributed by atoms with Gasteiger partial charge >= 0.3 is 0 Å². The normalized spacial score (nSPS) is 9.73. The average Bonchev–Trinajstić information content (AvgIpc) is 2.22. The predicted molar refractivity (Wildman–Crippen MR) is 65.5 cm³/mol. The van der Waals surface area contributed by atoms with Crippen molar-refractivity contribution in [2.75, 3.05) is 24.7 Å². The molecule has 15 heavy (non-hydrogen) atoms. The van der Waals surface area contributed by atoms with Crippen LogP contribution in [0.25, 0.3) is 0 Å². The fourth-order valence-corrected chi connectivity index (χ4v) is 1.47. The highest BCUT2D eigenvalue weighted by molar-refractivity contribution is 5.70. The fourth-order valence-electron chi connectivity index (χ4n) is 1.47. The zero-order valence-corrected chi connectivity index (χ0v) is 9.34. The largest absolute Gasteiger partial charge is 0.494 e. The molecule has 0 atom stereocenters. The lowest BCUT2D eigenvalue weighted by Gasteiger charge is -2.13. The van der Waals surface area contributed by atoms with Crippen molar-refractivity contribution in [3.8, 4) is 5.75 Å². The van der Waals surface area contributed by atoms with Gasteiger partial charge in [-0.3, -0.25) is 0 Å². The maximum Gasteiger partial charge on any atom is 0.124 e. The zero-order chi connectivity index (χ0) is 11.3. The Bertz CT molecular complexity index is 348. The molecule has 0 heterocycles. The molecule has 0 bridgehead atoms. The van der Waals surface area contributed by atoms with Crippen LogP contribution in [-0.2, 0) is 6.42 Å². The number of benzene rings is 1. The maximum atomic E-state index is 5.87. The first-order valence-electron chi connectivity index (χ1n) is 5.06. The highest BCUT2D eigenvalue weighted by Crippen LogP contribution is 2.29. The Kier molecular flexibility index (Phi) is 4.03. The van der Waals surface area contributed by atoms with Crippen molar-refractivity contribution >= 4 is 11.4 Å². The van der Waals surface area contributed by atoms with E-state index in [0.29, 0.717) is 6.61 Å². The van der Waals surface area contributed by atoms with Crippen molar-refractivity contribution in [2.45, 2.75) is 13.3 Å². The predicted octanol–water partition coefficient (Wildman–Crippen LogP) is 2.44. The molecule has 0 saturated carbocycles. The van der Waals surface area contributed by atoms with Gasteiger partial charge < -0.3 is 15.8 Å². The van der Waals surface area contributed by atoms with Crippen LogP contribution in [0, 0.1) is 0 Å². The standard InChI is InChI=1S/C12H18N2O/c1-4-6-9-7-10(13)11(14-3)8-12(9)15-5-2/h4,7-8,14H,1,5-6,13H2,2-3H3. The van der Waals surface area contributed by atoms with Crippen molar-refractivity contribution in [3.05, 3.63) is 30.4 Å². The molecule has 0 aliphatic rings. The Morgan fingerprint density at radius 2 is 2.27 bits per heavy atom. The molecule has 82 valence electrons. The second-order valence-corrected chi connectivity index (χ2v) is 3.22. The van der Waals surface area contributed by atoms with Gasteiger partial charge in [-0.15, -0.1) is 6.58 Å². The van der Waals surface area contributed by atoms with E-state index < -0.39 is 0 Å². The van der Waals surface area contributed by atoms with Crippen LogP contribution >= 0.6 is 0 Å². The van der Waals surface area contributed by atoms with Gasteiger partial charge in [0.05, 0.1) is 18.0 Å². The number of nitrogens with one attached hydrogen (secondary N) is 1. The summed E-state index contributed by atoms with van der Waals surface area (Å²) >= 11 is 0. The summed E-state index contributed by atoms with van der Waals surface area (Å²) in [6.07, 6.45) is 2.61. The molecule has 0 radical (unpaired) electrons. The SMILES string of the molecule is C=CCc1cc(N)c(NC)cc1OCC. The highest BCUT2D eigenvalue weighted by Gasteiger charge is 2.06. The van der Waals surface area contributed by atoms with E-state index in [0.717, 1.165) is 29.1 Å². The zero-order valence-electron chi connectivity index (χ0n) is 9.34. The summed E-state index contributed by atoms with van der Waals surface area (Å²) < 4.78 is 5.54. The molecule has 1 rings (SSSR count). The number of hydrogen-bond acceptors (Lipinski definition) is 3. The van der Waals surface area contributed by atoms with Gasteiger partial charge in [0.2, 0.25) is 0 Å². The molecule has 0 aromatic heterocycles. The quantitative estimate of drug-likeness (QED) is 0.574. The first-order chi connectivity index (χ1) is 7.22. The Balaban J connectivity index is 3.12. The van der Waals surface area contributed by atoms with Crippen LogP contribution in [0.15, 0.2) is 24.8 Å². The van der Waals surface area contributed by atoms with E-state index in [4.69, 9.17) is 10.5 Å². The van der Waals surface area contributed by atoms with Crippen molar-refractivity contribution in [1.82, 2.24) is 0 Å². The lowest BCUT2D eigenvalue weighted by Crippen LogP contribution is -2.01. The molecule has 0 unspecified atom stereocenters. The summed E-state index contributed by atoms with van der Waals surface area (Å²) in [6.45, 7) is 6.33. The monoisotopic (exact) mass is 206 g/mol. The second-order valence-electron chi connectivity index (χ2n) is 3.22. The van der Waals surface area contributed by atoms with Gasteiger partial charge in [-0.05, 0) is 19.4 Å². The summed E-state index contributed by atoms with van der Waals surface area (Å²) in [6, 6.07) is 3.86. The van der Waals surface area contributed by atoms with Crippen LogP contribution < -0.4 is 15.8 Å². The molecule has 0 fully saturated rings. The number of ether oxygens (including phenoxy) is 1. The van der Waals surface area contributed by atoms with Crippen LogP contribution in [0.1, 0.15) is 12.5 Å². The molecule has 3 nitrogen and oxygen atoms in total. The minimum absolute atomic E-state index is 0.650. The molecule has 0 saturated heterocycles. The summed E-state index contributed by atoms with van der Waals surface area (Å²) in [5.74, 6) is 0.871. The van der Waals surface area contributed by atoms with Gasteiger partial charge in [-0.2, -0.15) is 0 Å². The lowest BCUT2D eigenvalue weighted by molar-refractivity contribution is 0.337. The summed E-state index contributed by atoms with van der Waals surface area (Å²) in [4.78, 5) is 0. The van der Waals surface area contributed by atoms with Gasteiger partial charge in [0, 0.05) is 18.7 Å². The molecule has 1 aromatic rings. The molecule has 3 N–H and O–H groups in total. The van der Waals surface area contributed by atoms with Crippen LogP contribution in [0.2, 0.25) is 0 Å². The van der Waals surface area contributed by atoms with Gasteiger partial charge in [0.25, 0.3) is 0 Å². The highest BCUT2D eigenvalue weighted by atomic mass is 16.5. The molecular weight excluding hydrogens is 188 g/mol. The third kappa shape index (κ3) is 2.65. The molecule has 0 aliphatic heterocycles. The topological polar surface area (TPSA) is 47.3 Å². The molecule has 0 aliphatic carbocycles. The van der Waals surface area contributed by atoms with Gasteiger partial charge in [-0.1, -0.05) is 6.08 Å². The van der Waals surface area contributed by atoms with E-state index >= 15 is 0 Å². The van der Waals surface area contributed by atoms with E-state index in [2.05, 4.69) is 11.9 Å². The van der Waals surface area contributed by atoms with E-state index in [1.165, 1.54) is 0 Å². The Morgan fingerprint density at radius 1 is 1.53 bits per heavy atom. The van der Waals surface area contributed by atoms with Crippen molar-refractivity contribution in [1.29, 1.82) is 0 Å². The maximum absolute atomic E-state index is 5.87. The number of nitrogen functional groups attached to an aromatic ring is 1. The summed E-state index contributed by atoms with van der Waals surface area (Å²) in [5.41, 5.74) is 8.58. The second kappa shape index (κ2) is 5.29. The number of allylic oxidation sites excluding steroid dienone is 1. The van der Waals surface area contributed by atoms with Crippen molar-refractivity contribution < 1.29 is 4.74 Å². The number of nitrogens with two attached hydrogens (primary N) is 1. The van der Waals surface area contributed by atoms with Crippen LogP contribution in [-0.4, -0.2) is 13.7 Å². The summed E-state index contributed by atoms with van der Waals surface area (Å²) in [5, 5.41) is 3.03. The first kappa shape index (κ1) is 11.4. The van der Waals surface area contributed by atoms with E-state index in [9.17, 15) is 0 Å². The molecular formula is C12H18N2O. The Labute approximate surface area is 90.9 Å². The van der Waals surface area contributed by atoms with Gasteiger partial charge in [-0.25, -0.2) is 0 Å². The minimum Gasteiger partial charge on any atom is -0.494 e. The minimum atomic E-state index is 0.650. The van der Waals surface area contributed by atoms with Gasteiger partial charge in [0.1, 0.15) is 5.75 Å². The van der Waals surface area contributed by atoms with Crippen molar-refractivity contribution in [3.63, 3.8) is 0 Å². The number of hydrogen-bond donors (Lipinski definition) is 2. The van der Waals surface area contributed by atoms with E-state index in [-0.39, 0.29) is 0 Å². The Hall–Kier alpha value is -1.64. The molecule has 0 spiro atoms. The van der Waals surface area contributed by atoms with Crippen LogP contribution in [0.5, 0.6) is 5.75 Å². The Morgan fingerprint density at radius 3 is 2.80 bits per heavy atom. The van der Waals surface area contributed by atoms with Crippen molar-refractivity contribution in [2.24, 2.45) is 0 Å². The number of rotatable bonds is 5. The third-order valence-electron chi connectivity index (χ3n) is 2.17. The van der Waals surface area contributed by atoms with E-state index in [1.807, 2.05) is 32.2 Å². The first-order valence-corrected chi connectivity index (χ1v) is 5.06. The molecule has 1 aromatic carbocycles. The third-order valence-corrected chi connectivity index (χ3v) is 2.17.